The van der Waals surface area contributed by atoms with E-state index in [1.165, 1.54) is 25.7 Å². The molecule has 0 aromatic carbocycles. The van der Waals surface area contributed by atoms with E-state index in [9.17, 15) is 0 Å². The Balaban J connectivity index is 1.71. The van der Waals surface area contributed by atoms with Crippen LogP contribution >= 0.6 is 0 Å². The number of hydrogen-bond acceptors (Lipinski definition) is 3. The van der Waals surface area contributed by atoms with Gasteiger partial charge in [-0.05, 0) is 25.7 Å². The summed E-state index contributed by atoms with van der Waals surface area (Å²) in [5.41, 5.74) is 0. The number of rotatable bonds is 3. The van der Waals surface area contributed by atoms with E-state index in [0.717, 1.165) is 38.4 Å². The van der Waals surface area contributed by atoms with Crippen molar-refractivity contribution in [3.05, 3.63) is 0 Å². The molecule has 1 heterocycles. The normalized spacial score (nSPS) is 33.2. The Morgan fingerprint density at radius 3 is 2.25 bits per heavy atom. The van der Waals surface area contributed by atoms with E-state index in [4.69, 9.17) is 4.74 Å². The van der Waals surface area contributed by atoms with Gasteiger partial charge in [0.25, 0.3) is 0 Å². The predicted octanol–water partition coefficient (Wildman–Crippen LogP) is 1.63. The number of hydrogen-bond donors (Lipinski definition) is 1. The zero-order chi connectivity index (χ0) is 11.4. The van der Waals surface area contributed by atoms with Crippen molar-refractivity contribution in [1.82, 2.24) is 10.2 Å². The molecule has 0 atom stereocenters. The highest BCUT2D eigenvalue weighted by molar-refractivity contribution is 4.84. The maximum Gasteiger partial charge on any atom is 0.0594 e. The molecule has 0 spiro atoms. The summed E-state index contributed by atoms with van der Waals surface area (Å²) in [5, 5.41) is 3.66. The third kappa shape index (κ3) is 3.44. The van der Waals surface area contributed by atoms with Crippen LogP contribution in [0.3, 0.4) is 0 Å². The first-order valence-corrected chi connectivity index (χ1v) is 6.83. The first-order chi connectivity index (χ1) is 7.75. The molecule has 94 valence electrons. The summed E-state index contributed by atoms with van der Waals surface area (Å²) in [5.74, 6) is 0. The zero-order valence-electron chi connectivity index (χ0n) is 10.7. The fourth-order valence-corrected chi connectivity index (χ4v) is 3.02. The second-order valence-corrected chi connectivity index (χ2v) is 5.48. The van der Waals surface area contributed by atoms with Gasteiger partial charge in [0, 0.05) is 31.2 Å². The molecule has 1 aliphatic carbocycles. The van der Waals surface area contributed by atoms with E-state index >= 15 is 0 Å². The van der Waals surface area contributed by atoms with Crippen LogP contribution in [0.5, 0.6) is 0 Å². The highest BCUT2D eigenvalue weighted by Gasteiger charge is 2.26. The van der Waals surface area contributed by atoms with Crippen LogP contribution < -0.4 is 5.32 Å². The molecule has 3 heteroatoms. The molecular formula is C13H26N2O. The Kier molecular flexibility index (Phi) is 4.62. The van der Waals surface area contributed by atoms with Crippen molar-refractivity contribution in [2.45, 2.75) is 57.7 Å². The standard InChI is InChI=1S/C13H26N2O/c1-11(2)14-12-3-5-13(6-4-12)15-7-9-16-10-8-15/h11-14H,3-10H2,1-2H3/t12-,13+. The molecule has 0 unspecified atom stereocenters. The first kappa shape index (κ1) is 12.3. The summed E-state index contributed by atoms with van der Waals surface area (Å²) in [6.07, 6.45) is 5.43. The van der Waals surface area contributed by atoms with Gasteiger partial charge in [-0.25, -0.2) is 0 Å². The fourth-order valence-electron chi connectivity index (χ4n) is 3.02. The molecule has 1 saturated carbocycles. The highest BCUT2D eigenvalue weighted by atomic mass is 16.5. The predicted molar refractivity (Wildman–Crippen MR) is 66.7 cm³/mol. The number of nitrogens with zero attached hydrogens (tertiary/aromatic N) is 1. The van der Waals surface area contributed by atoms with E-state index in [-0.39, 0.29) is 0 Å². The van der Waals surface area contributed by atoms with Crippen molar-refractivity contribution in [2.24, 2.45) is 0 Å². The molecule has 0 aromatic rings. The lowest BCUT2D eigenvalue weighted by Crippen LogP contribution is -2.47. The molecule has 0 bridgehead atoms. The van der Waals surface area contributed by atoms with Gasteiger partial charge in [-0.1, -0.05) is 13.8 Å². The van der Waals surface area contributed by atoms with Crippen molar-refractivity contribution in [3.8, 4) is 0 Å². The minimum Gasteiger partial charge on any atom is -0.379 e. The van der Waals surface area contributed by atoms with E-state index in [1.54, 1.807) is 0 Å². The Bertz CT molecular complexity index is 194. The second-order valence-electron chi connectivity index (χ2n) is 5.48. The topological polar surface area (TPSA) is 24.5 Å². The summed E-state index contributed by atoms with van der Waals surface area (Å²) >= 11 is 0. The monoisotopic (exact) mass is 226 g/mol. The largest absolute Gasteiger partial charge is 0.379 e. The first-order valence-electron chi connectivity index (χ1n) is 6.83. The SMILES string of the molecule is CC(C)N[C@H]1CC[C@@H](N2CCOCC2)CC1. The average Bonchev–Trinajstić information content (AvgIpc) is 2.30. The van der Waals surface area contributed by atoms with Crippen LogP contribution in [0.4, 0.5) is 0 Å². The minimum atomic E-state index is 0.630. The summed E-state index contributed by atoms with van der Waals surface area (Å²) in [6, 6.07) is 2.22. The molecule has 2 fully saturated rings. The lowest BCUT2D eigenvalue weighted by Gasteiger charge is -2.39. The molecular weight excluding hydrogens is 200 g/mol. The van der Waals surface area contributed by atoms with E-state index in [0.29, 0.717) is 6.04 Å². The third-order valence-corrected chi connectivity index (χ3v) is 3.83. The van der Waals surface area contributed by atoms with Crippen LogP contribution in [0.25, 0.3) is 0 Å². The van der Waals surface area contributed by atoms with Crippen LogP contribution in [0.15, 0.2) is 0 Å². The van der Waals surface area contributed by atoms with Crippen molar-refractivity contribution >= 4 is 0 Å². The van der Waals surface area contributed by atoms with E-state index in [2.05, 4.69) is 24.1 Å². The van der Waals surface area contributed by atoms with Crippen molar-refractivity contribution in [1.29, 1.82) is 0 Å². The van der Waals surface area contributed by atoms with E-state index in [1.807, 2.05) is 0 Å². The average molecular weight is 226 g/mol. The molecule has 0 amide bonds. The van der Waals surface area contributed by atoms with Gasteiger partial charge in [0.05, 0.1) is 13.2 Å². The summed E-state index contributed by atoms with van der Waals surface area (Å²) in [6.45, 7) is 8.65. The molecule has 1 N–H and O–H groups in total. The molecule has 16 heavy (non-hydrogen) atoms. The lowest BCUT2D eigenvalue weighted by atomic mass is 9.89. The highest BCUT2D eigenvalue weighted by Crippen LogP contribution is 2.24. The third-order valence-electron chi connectivity index (χ3n) is 3.83. The minimum absolute atomic E-state index is 0.630. The zero-order valence-corrected chi connectivity index (χ0v) is 10.7. The number of ether oxygens (including phenoxy) is 1. The number of morpholine rings is 1. The summed E-state index contributed by atoms with van der Waals surface area (Å²) in [4.78, 5) is 2.63. The summed E-state index contributed by atoms with van der Waals surface area (Å²) in [7, 11) is 0. The van der Waals surface area contributed by atoms with Crippen LogP contribution in [0, 0.1) is 0 Å². The van der Waals surface area contributed by atoms with Gasteiger partial charge < -0.3 is 10.1 Å². The maximum atomic E-state index is 5.41. The Morgan fingerprint density at radius 2 is 1.69 bits per heavy atom. The molecule has 0 aromatic heterocycles. The molecule has 0 radical (unpaired) electrons. The van der Waals surface area contributed by atoms with Crippen LogP contribution in [-0.2, 0) is 4.74 Å². The number of nitrogens with one attached hydrogen (secondary N) is 1. The van der Waals surface area contributed by atoms with Gasteiger partial charge in [0.2, 0.25) is 0 Å². The molecule has 1 aliphatic heterocycles. The van der Waals surface area contributed by atoms with Gasteiger partial charge in [-0.3, -0.25) is 4.90 Å². The Hall–Kier alpha value is -0.120. The van der Waals surface area contributed by atoms with Crippen molar-refractivity contribution in [2.75, 3.05) is 26.3 Å². The smallest absolute Gasteiger partial charge is 0.0594 e. The summed E-state index contributed by atoms with van der Waals surface area (Å²) < 4.78 is 5.41. The van der Waals surface area contributed by atoms with Gasteiger partial charge in [0.15, 0.2) is 0 Å². The van der Waals surface area contributed by atoms with Crippen LogP contribution in [-0.4, -0.2) is 49.3 Å². The van der Waals surface area contributed by atoms with Crippen LogP contribution in [0.1, 0.15) is 39.5 Å². The van der Waals surface area contributed by atoms with Gasteiger partial charge in [-0.15, -0.1) is 0 Å². The fraction of sp³-hybridized carbons (Fsp3) is 1.00. The van der Waals surface area contributed by atoms with E-state index < -0.39 is 0 Å². The molecule has 2 aliphatic rings. The molecule has 2 rings (SSSR count). The Morgan fingerprint density at radius 1 is 1.06 bits per heavy atom. The van der Waals surface area contributed by atoms with Crippen molar-refractivity contribution < 1.29 is 4.74 Å². The van der Waals surface area contributed by atoms with Gasteiger partial charge in [0.1, 0.15) is 0 Å². The van der Waals surface area contributed by atoms with Crippen molar-refractivity contribution in [3.63, 3.8) is 0 Å². The van der Waals surface area contributed by atoms with Crippen LogP contribution in [0.2, 0.25) is 0 Å². The molecule has 3 nitrogen and oxygen atoms in total. The van der Waals surface area contributed by atoms with Gasteiger partial charge in [-0.2, -0.15) is 0 Å². The molecule has 1 saturated heterocycles. The quantitative estimate of drug-likeness (QED) is 0.791. The second kappa shape index (κ2) is 5.99. The lowest BCUT2D eigenvalue weighted by molar-refractivity contribution is 0.00638. The Labute approximate surface area is 99.5 Å². The van der Waals surface area contributed by atoms with Gasteiger partial charge >= 0.3 is 0 Å². The maximum absolute atomic E-state index is 5.41.